The average Bonchev–Trinajstić information content (AvgIpc) is 2.70. The quantitative estimate of drug-likeness (QED) is 0.927. The molecule has 0 spiro atoms. The summed E-state index contributed by atoms with van der Waals surface area (Å²) in [6.07, 6.45) is 1.63. The van der Waals surface area contributed by atoms with E-state index >= 15 is 0 Å². The summed E-state index contributed by atoms with van der Waals surface area (Å²) in [6.45, 7) is 3.53. The van der Waals surface area contributed by atoms with Crippen LogP contribution in [-0.4, -0.2) is 13.4 Å². The Morgan fingerprint density at radius 3 is 2.72 bits per heavy atom. The number of hydrogen-bond acceptors (Lipinski definition) is 4. The van der Waals surface area contributed by atoms with Crippen LogP contribution >= 0.6 is 27.3 Å². The fourth-order valence-corrected chi connectivity index (χ4v) is 4.30. The van der Waals surface area contributed by atoms with Crippen molar-refractivity contribution in [2.24, 2.45) is 0 Å². The molecule has 0 aromatic carbocycles. The van der Waals surface area contributed by atoms with Gasteiger partial charge >= 0.3 is 0 Å². The largest absolute Gasteiger partial charge is 0.277 e. The van der Waals surface area contributed by atoms with Crippen LogP contribution in [0.1, 0.15) is 11.3 Å². The molecule has 0 unspecified atom stereocenters. The van der Waals surface area contributed by atoms with Crippen LogP contribution in [0.4, 0.5) is 5.69 Å². The SMILES string of the molecule is Cc1ccsc1S(=O)(=O)Nc1cc(Br)cnc1C. The van der Waals surface area contributed by atoms with Crippen molar-refractivity contribution < 1.29 is 8.42 Å². The molecular weight excluding hydrogens is 336 g/mol. The molecule has 0 bridgehead atoms. The van der Waals surface area contributed by atoms with Gasteiger partial charge in [-0.05, 0) is 52.9 Å². The van der Waals surface area contributed by atoms with Crippen LogP contribution in [0.2, 0.25) is 0 Å². The number of rotatable bonds is 3. The number of hydrogen-bond donors (Lipinski definition) is 1. The number of aromatic nitrogens is 1. The van der Waals surface area contributed by atoms with Crippen molar-refractivity contribution in [3.63, 3.8) is 0 Å². The minimum absolute atomic E-state index is 0.335. The van der Waals surface area contributed by atoms with Gasteiger partial charge in [0.25, 0.3) is 10.0 Å². The van der Waals surface area contributed by atoms with Crippen molar-refractivity contribution >= 4 is 43.0 Å². The number of halogens is 1. The highest BCUT2D eigenvalue weighted by atomic mass is 79.9. The van der Waals surface area contributed by atoms with Crippen LogP contribution in [-0.2, 0) is 10.0 Å². The van der Waals surface area contributed by atoms with Gasteiger partial charge in [-0.3, -0.25) is 9.71 Å². The molecular formula is C11H11BrN2O2S2. The summed E-state index contributed by atoms with van der Waals surface area (Å²) in [5.74, 6) is 0. The molecule has 0 amide bonds. The third-order valence-corrected chi connectivity index (χ3v) is 5.84. The average molecular weight is 347 g/mol. The normalized spacial score (nSPS) is 11.5. The molecule has 2 aromatic rings. The molecule has 0 saturated carbocycles. The van der Waals surface area contributed by atoms with Crippen LogP contribution in [0, 0.1) is 13.8 Å². The molecule has 18 heavy (non-hydrogen) atoms. The standard InChI is InChI=1S/C11H11BrN2O2S2/c1-7-3-4-17-11(7)18(15,16)14-10-5-9(12)6-13-8(10)2/h3-6,14H,1-2H3. The van der Waals surface area contributed by atoms with Gasteiger partial charge in [0.05, 0.1) is 11.4 Å². The molecule has 0 aliphatic carbocycles. The molecule has 2 heterocycles. The fourth-order valence-electron chi connectivity index (χ4n) is 1.44. The molecule has 7 heteroatoms. The number of nitrogens with zero attached hydrogens (tertiary/aromatic N) is 1. The van der Waals surface area contributed by atoms with E-state index in [9.17, 15) is 8.42 Å². The van der Waals surface area contributed by atoms with E-state index in [1.165, 1.54) is 11.3 Å². The summed E-state index contributed by atoms with van der Waals surface area (Å²) < 4.78 is 28.0. The van der Waals surface area contributed by atoms with Crippen molar-refractivity contribution in [1.29, 1.82) is 0 Å². The van der Waals surface area contributed by atoms with Crippen LogP contribution in [0.5, 0.6) is 0 Å². The van der Waals surface area contributed by atoms with Crippen molar-refractivity contribution in [2.45, 2.75) is 18.1 Å². The summed E-state index contributed by atoms with van der Waals surface area (Å²) in [6, 6.07) is 3.48. The Kier molecular flexibility index (Phi) is 3.74. The van der Waals surface area contributed by atoms with Gasteiger partial charge in [0.2, 0.25) is 0 Å². The second-order valence-corrected chi connectivity index (χ2v) is 7.49. The van der Waals surface area contributed by atoms with E-state index in [4.69, 9.17) is 0 Å². The number of sulfonamides is 1. The predicted octanol–water partition coefficient (Wildman–Crippen LogP) is 3.32. The maximum atomic E-state index is 12.2. The first-order valence-electron chi connectivity index (χ1n) is 5.09. The van der Waals surface area contributed by atoms with Crippen molar-refractivity contribution in [1.82, 2.24) is 4.98 Å². The molecule has 2 aromatic heterocycles. The number of aryl methyl sites for hydroxylation is 2. The zero-order chi connectivity index (χ0) is 13.3. The van der Waals surface area contributed by atoms with Gasteiger partial charge in [-0.1, -0.05) is 0 Å². The smallest absolute Gasteiger partial charge is 0.271 e. The first-order valence-corrected chi connectivity index (χ1v) is 8.25. The Morgan fingerprint density at radius 2 is 2.11 bits per heavy atom. The van der Waals surface area contributed by atoms with Crippen LogP contribution in [0.3, 0.4) is 0 Å². The van der Waals surface area contributed by atoms with Crippen LogP contribution in [0.15, 0.2) is 32.4 Å². The molecule has 0 atom stereocenters. The minimum Gasteiger partial charge on any atom is -0.277 e. The summed E-state index contributed by atoms with van der Waals surface area (Å²) in [7, 11) is -3.53. The molecule has 0 fully saturated rings. The zero-order valence-corrected chi connectivity index (χ0v) is 13.0. The maximum Gasteiger partial charge on any atom is 0.271 e. The van der Waals surface area contributed by atoms with E-state index in [1.54, 1.807) is 37.6 Å². The lowest BCUT2D eigenvalue weighted by Crippen LogP contribution is -2.13. The topological polar surface area (TPSA) is 59.1 Å². The highest BCUT2D eigenvalue weighted by molar-refractivity contribution is 9.10. The summed E-state index contributed by atoms with van der Waals surface area (Å²) in [4.78, 5) is 4.10. The van der Waals surface area contributed by atoms with Crippen molar-refractivity contribution in [3.05, 3.63) is 39.4 Å². The highest BCUT2D eigenvalue weighted by Crippen LogP contribution is 2.26. The lowest BCUT2D eigenvalue weighted by atomic mass is 10.3. The van der Waals surface area contributed by atoms with Gasteiger partial charge in [0.1, 0.15) is 4.21 Å². The third kappa shape index (κ3) is 2.73. The fraction of sp³-hybridized carbons (Fsp3) is 0.182. The number of nitrogens with one attached hydrogen (secondary N) is 1. The van der Waals surface area contributed by atoms with E-state index in [2.05, 4.69) is 25.6 Å². The lowest BCUT2D eigenvalue weighted by Gasteiger charge is -2.09. The molecule has 0 saturated heterocycles. The van der Waals surface area contributed by atoms with Gasteiger partial charge in [0.15, 0.2) is 0 Å². The van der Waals surface area contributed by atoms with Crippen molar-refractivity contribution in [3.8, 4) is 0 Å². The van der Waals surface area contributed by atoms with Gasteiger partial charge in [-0.15, -0.1) is 11.3 Å². The monoisotopic (exact) mass is 346 g/mol. The molecule has 0 aliphatic rings. The first-order chi connectivity index (χ1) is 8.40. The second kappa shape index (κ2) is 4.99. The third-order valence-electron chi connectivity index (χ3n) is 2.36. The van der Waals surface area contributed by atoms with E-state index < -0.39 is 10.0 Å². The molecule has 4 nitrogen and oxygen atoms in total. The Bertz CT molecular complexity index is 680. The van der Waals surface area contributed by atoms with Crippen molar-refractivity contribution in [2.75, 3.05) is 4.72 Å². The number of thiophene rings is 1. The van der Waals surface area contributed by atoms with E-state index in [0.717, 1.165) is 10.0 Å². The Morgan fingerprint density at radius 1 is 1.39 bits per heavy atom. The van der Waals surface area contributed by atoms with Gasteiger partial charge in [-0.25, -0.2) is 8.42 Å². The Balaban J connectivity index is 2.40. The molecule has 1 N–H and O–H groups in total. The highest BCUT2D eigenvalue weighted by Gasteiger charge is 2.19. The molecule has 2 rings (SSSR count). The van der Waals surface area contributed by atoms with E-state index in [1.807, 2.05) is 0 Å². The summed E-state index contributed by atoms with van der Waals surface area (Å²) in [5, 5.41) is 1.76. The second-order valence-electron chi connectivity index (χ2n) is 3.78. The van der Waals surface area contributed by atoms with Gasteiger partial charge in [0, 0.05) is 10.7 Å². The molecule has 0 radical (unpaired) electrons. The predicted molar refractivity (Wildman–Crippen MR) is 76.5 cm³/mol. The number of pyridine rings is 1. The lowest BCUT2D eigenvalue weighted by molar-refractivity contribution is 0.602. The van der Waals surface area contributed by atoms with E-state index in [0.29, 0.717) is 15.6 Å². The Labute approximate surface area is 118 Å². The zero-order valence-electron chi connectivity index (χ0n) is 9.77. The summed E-state index contributed by atoms with van der Waals surface area (Å²) >= 11 is 4.48. The van der Waals surface area contributed by atoms with Gasteiger partial charge in [-0.2, -0.15) is 0 Å². The van der Waals surface area contributed by atoms with E-state index in [-0.39, 0.29) is 0 Å². The Hall–Kier alpha value is -0.920. The first kappa shape index (κ1) is 13.5. The van der Waals surface area contributed by atoms with Gasteiger partial charge < -0.3 is 0 Å². The molecule has 96 valence electrons. The number of anilines is 1. The maximum absolute atomic E-state index is 12.2. The molecule has 0 aliphatic heterocycles. The van der Waals surface area contributed by atoms with Crippen LogP contribution < -0.4 is 4.72 Å². The summed E-state index contributed by atoms with van der Waals surface area (Å²) in [5.41, 5.74) is 1.86. The van der Waals surface area contributed by atoms with Crippen LogP contribution in [0.25, 0.3) is 0 Å². The minimum atomic E-state index is -3.53.